The topological polar surface area (TPSA) is 63.7 Å². The molecule has 1 amide bonds. The van der Waals surface area contributed by atoms with Crippen molar-refractivity contribution in [1.29, 1.82) is 0 Å². The number of benzene rings is 1. The van der Waals surface area contributed by atoms with Crippen molar-refractivity contribution < 1.29 is 19.1 Å². The highest BCUT2D eigenvalue weighted by molar-refractivity contribution is 6.18. The van der Waals surface area contributed by atoms with E-state index in [0.29, 0.717) is 51.3 Å². The number of halogens is 1. The predicted molar refractivity (Wildman–Crippen MR) is 120 cm³/mol. The first-order valence-electron chi connectivity index (χ1n) is 10.8. The van der Waals surface area contributed by atoms with Gasteiger partial charge in [-0.2, -0.15) is 0 Å². The lowest BCUT2D eigenvalue weighted by Gasteiger charge is -2.44. The van der Waals surface area contributed by atoms with E-state index < -0.39 is 5.92 Å². The zero-order valence-electron chi connectivity index (χ0n) is 18.6. The molecule has 1 saturated carbocycles. The smallest absolute Gasteiger partial charge is 0.248 e. The van der Waals surface area contributed by atoms with Gasteiger partial charge in [-0.3, -0.25) is 14.4 Å². The number of nitrogens with zero attached hydrogens (tertiary/aromatic N) is 1. The Morgan fingerprint density at radius 3 is 2.26 bits per heavy atom. The lowest BCUT2D eigenvalue weighted by molar-refractivity contribution is -0.142. The van der Waals surface area contributed by atoms with Gasteiger partial charge in [0.15, 0.2) is 0 Å². The van der Waals surface area contributed by atoms with Crippen molar-refractivity contribution in [2.45, 2.75) is 52.4 Å². The van der Waals surface area contributed by atoms with E-state index in [1.54, 1.807) is 11.8 Å². The van der Waals surface area contributed by atoms with E-state index in [4.69, 9.17) is 16.3 Å². The van der Waals surface area contributed by atoms with E-state index in [0.717, 1.165) is 22.3 Å². The van der Waals surface area contributed by atoms with Gasteiger partial charge in [0.25, 0.3) is 0 Å². The molecule has 1 saturated heterocycles. The van der Waals surface area contributed by atoms with Crippen molar-refractivity contribution in [3.8, 4) is 11.8 Å². The van der Waals surface area contributed by atoms with Crippen LogP contribution in [0.25, 0.3) is 0 Å². The van der Waals surface area contributed by atoms with Crippen molar-refractivity contribution in [2.24, 2.45) is 5.41 Å². The maximum atomic E-state index is 13.2. The Hall–Kier alpha value is -2.16. The summed E-state index contributed by atoms with van der Waals surface area (Å²) in [6.45, 7) is 7.16. The summed E-state index contributed by atoms with van der Waals surface area (Å²) < 4.78 is 5.24. The monoisotopic (exact) mass is 443 g/mol. The van der Waals surface area contributed by atoms with Crippen LogP contribution in [0.5, 0.6) is 0 Å². The van der Waals surface area contributed by atoms with Crippen LogP contribution in [0.2, 0.25) is 0 Å². The number of alkyl halides is 1. The Morgan fingerprint density at radius 2 is 1.74 bits per heavy atom. The normalized spacial score (nSPS) is 18.8. The zero-order chi connectivity index (χ0) is 22.6. The van der Waals surface area contributed by atoms with Gasteiger partial charge in [0.2, 0.25) is 5.91 Å². The molecule has 1 spiro atoms. The number of aryl methyl sites for hydroxylation is 2. The van der Waals surface area contributed by atoms with Crippen molar-refractivity contribution in [1.82, 2.24) is 4.90 Å². The molecule has 1 aromatic rings. The van der Waals surface area contributed by atoms with Crippen LogP contribution < -0.4 is 0 Å². The molecule has 6 heteroatoms. The van der Waals surface area contributed by atoms with Gasteiger partial charge in [0.05, 0.1) is 6.61 Å². The molecule has 1 aromatic carbocycles. The standard InChI is InChI=1S/C25H30ClNO4/c1-4-5-19-12-17(2)23(18(3)13-19)24-20(28)14-25(15-21(24)29)6-9-27(10-7-25)22(30)16-31-11-8-26/h12-13,24H,6-11,14-16H2,1-3H3. The lowest BCUT2D eigenvalue weighted by atomic mass is 9.62. The number of rotatable bonds is 5. The molecule has 0 radical (unpaired) electrons. The molecule has 2 fully saturated rings. The predicted octanol–water partition coefficient (Wildman–Crippen LogP) is 3.55. The number of carbonyl (C=O) groups is 3. The molecule has 1 aliphatic heterocycles. The van der Waals surface area contributed by atoms with Crippen LogP contribution >= 0.6 is 11.6 Å². The van der Waals surface area contributed by atoms with Crippen molar-refractivity contribution in [2.75, 3.05) is 32.2 Å². The fourth-order valence-corrected chi connectivity index (χ4v) is 5.15. The third kappa shape index (κ3) is 5.19. The summed E-state index contributed by atoms with van der Waals surface area (Å²) in [5.74, 6) is 5.56. The Bertz CT molecular complexity index is 892. The second-order valence-corrected chi connectivity index (χ2v) is 9.12. The Morgan fingerprint density at radius 1 is 1.16 bits per heavy atom. The number of hydrogen-bond acceptors (Lipinski definition) is 4. The van der Waals surface area contributed by atoms with Crippen LogP contribution in [0.15, 0.2) is 12.1 Å². The van der Waals surface area contributed by atoms with Crippen molar-refractivity contribution in [3.63, 3.8) is 0 Å². The molecule has 0 atom stereocenters. The highest BCUT2D eigenvalue weighted by Crippen LogP contribution is 2.46. The number of hydrogen-bond donors (Lipinski definition) is 0. The Labute approximate surface area is 189 Å². The van der Waals surface area contributed by atoms with E-state index in [-0.39, 0.29) is 29.5 Å². The number of piperidine rings is 1. The Kier molecular flexibility index (Phi) is 7.56. The first kappa shape index (κ1) is 23.5. The van der Waals surface area contributed by atoms with E-state index in [1.807, 2.05) is 26.0 Å². The second-order valence-electron chi connectivity index (χ2n) is 8.74. The minimum Gasteiger partial charge on any atom is -0.370 e. The highest BCUT2D eigenvalue weighted by atomic mass is 35.5. The van der Waals surface area contributed by atoms with Gasteiger partial charge in [0.1, 0.15) is 24.1 Å². The van der Waals surface area contributed by atoms with Gasteiger partial charge in [0, 0.05) is 37.4 Å². The molecular formula is C25H30ClNO4. The molecule has 0 bridgehead atoms. The average Bonchev–Trinajstić information content (AvgIpc) is 2.70. The third-order valence-electron chi connectivity index (χ3n) is 6.52. The summed E-state index contributed by atoms with van der Waals surface area (Å²) in [5.41, 5.74) is 3.31. The zero-order valence-corrected chi connectivity index (χ0v) is 19.3. The lowest BCUT2D eigenvalue weighted by Crippen LogP contribution is -2.49. The molecule has 1 heterocycles. The quantitative estimate of drug-likeness (QED) is 0.302. The maximum Gasteiger partial charge on any atom is 0.248 e. The summed E-state index contributed by atoms with van der Waals surface area (Å²) in [5, 5.41) is 0. The molecule has 166 valence electrons. The van der Waals surface area contributed by atoms with Gasteiger partial charge in [-0.15, -0.1) is 17.5 Å². The van der Waals surface area contributed by atoms with Crippen LogP contribution in [0.1, 0.15) is 60.8 Å². The molecule has 1 aliphatic carbocycles. The van der Waals surface area contributed by atoms with Gasteiger partial charge < -0.3 is 9.64 Å². The molecule has 0 unspecified atom stereocenters. The highest BCUT2D eigenvalue weighted by Gasteiger charge is 2.47. The van der Waals surface area contributed by atoms with E-state index in [1.165, 1.54) is 0 Å². The number of carbonyl (C=O) groups excluding carboxylic acids is 3. The largest absolute Gasteiger partial charge is 0.370 e. The van der Waals surface area contributed by atoms with E-state index in [2.05, 4.69) is 11.8 Å². The van der Waals surface area contributed by atoms with Gasteiger partial charge in [-0.1, -0.05) is 5.92 Å². The molecular weight excluding hydrogens is 414 g/mol. The van der Waals surface area contributed by atoms with E-state index >= 15 is 0 Å². The molecule has 0 N–H and O–H groups in total. The summed E-state index contributed by atoms with van der Waals surface area (Å²) in [6.07, 6.45) is 2.12. The van der Waals surface area contributed by atoms with Gasteiger partial charge >= 0.3 is 0 Å². The van der Waals surface area contributed by atoms with Crippen LogP contribution in [-0.2, 0) is 19.1 Å². The third-order valence-corrected chi connectivity index (χ3v) is 6.67. The average molecular weight is 444 g/mol. The van der Waals surface area contributed by atoms with Gasteiger partial charge in [-0.05, 0) is 67.9 Å². The van der Waals surface area contributed by atoms with Crippen LogP contribution in [0, 0.1) is 31.1 Å². The summed E-state index contributed by atoms with van der Waals surface area (Å²) >= 11 is 5.57. The number of Topliss-reactive ketones (excluding diaryl/α,β-unsaturated/α-hetero) is 2. The first-order chi connectivity index (χ1) is 14.8. The fourth-order valence-electron chi connectivity index (χ4n) is 5.04. The number of amides is 1. The second kappa shape index (κ2) is 9.97. The molecule has 2 aliphatic rings. The molecule has 3 rings (SSSR count). The summed E-state index contributed by atoms with van der Waals surface area (Å²) in [6, 6.07) is 3.92. The van der Waals surface area contributed by atoms with Crippen LogP contribution in [-0.4, -0.2) is 54.6 Å². The first-order valence-corrected chi connectivity index (χ1v) is 11.3. The van der Waals surface area contributed by atoms with Crippen molar-refractivity contribution >= 4 is 29.1 Å². The molecule has 5 nitrogen and oxygen atoms in total. The van der Waals surface area contributed by atoms with Crippen LogP contribution in [0.3, 0.4) is 0 Å². The minimum absolute atomic E-state index is 0.00185. The summed E-state index contributed by atoms with van der Waals surface area (Å²) in [7, 11) is 0. The molecule has 31 heavy (non-hydrogen) atoms. The van der Waals surface area contributed by atoms with Gasteiger partial charge in [-0.25, -0.2) is 0 Å². The molecule has 0 aromatic heterocycles. The number of ketones is 2. The van der Waals surface area contributed by atoms with E-state index in [9.17, 15) is 14.4 Å². The number of ether oxygens (including phenoxy) is 1. The fraction of sp³-hybridized carbons (Fsp3) is 0.560. The maximum absolute atomic E-state index is 13.2. The Balaban J connectivity index is 1.70. The van der Waals surface area contributed by atoms with Crippen LogP contribution in [0.4, 0.5) is 0 Å². The minimum atomic E-state index is -0.683. The summed E-state index contributed by atoms with van der Waals surface area (Å²) in [4.78, 5) is 40.5. The SMILES string of the molecule is CC#Cc1cc(C)c(C2C(=O)CC3(CCN(C(=O)COCCCl)CC3)CC2=O)c(C)c1. The number of likely N-dealkylation sites (tertiary alicyclic amines) is 1. The van der Waals surface area contributed by atoms with Crippen molar-refractivity contribution in [3.05, 3.63) is 34.4 Å².